The number of hydrogen-bond donors (Lipinski definition) is 2. The van der Waals surface area contributed by atoms with Crippen LogP contribution in [0.4, 0.5) is 16.2 Å². The number of urea groups is 1. The average molecular weight is 254 g/mol. The molecule has 0 bridgehead atoms. The Kier molecular flexibility index (Phi) is 2.82. The van der Waals surface area contributed by atoms with Crippen LogP contribution in [-0.4, -0.2) is 16.3 Å². The molecule has 0 saturated carbocycles. The lowest BCUT2D eigenvalue weighted by atomic mass is 10.3. The van der Waals surface area contributed by atoms with Crippen LogP contribution in [0.2, 0.25) is 0 Å². The van der Waals surface area contributed by atoms with Gasteiger partial charge >= 0.3 is 6.03 Å². The lowest BCUT2D eigenvalue weighted by molar-refractivity contribution is 0.262. The molecule has 2 aromatic carbocycles. The number of benzene rings is 2. The zero-order chi connectivity index (χ0) is 13.1. The summed E-state index contributed by atoms with van der Waals surface area (Å²) in [4.78, 5) is 11.8. The van der Waals surface area contributed by atoms with Crippen molar-refractivity contribution in [3.05, 3.63) is 48.5 Å². The minimum atomic E-state index is -0.318. The Morgan fingerprint density at radius 3 is 2.47 bits per heavy atom. The Bertz CT molecular complexity index is 709. The van der Waals surface area contributed by atoms with Crippen molar-refractivity contribution < 1.29 is 9.42 Å². The molecule has 2 amide bonds. The fraction of sp³-hybridized carbons (Fsp3) is 0. The summed E-state index contributed by atoms with van der Waals surface area (Å²) in [5.41, 5.74) is 2.59. The second-order valence-electron chi connectivity index (χ2n) is 3.91. The van der Waals surface area contributed by atoms with Gasteiger partial charge in [0, 0.05) is 11.4 Å². The van der Waals surface area contributed by atoms with Gasteiger partial charge in [0.2, 0.25) is 0 Å². The molecule has 0 atom stereocenters. The number of nitrogens with zero attached hydrogens (tertiary/aromatic N) is 2. The van der Waals surface area contributed by atoms with E-state index in [-0.39, 0.29) is 6.03 Å². The Balaban J connectivity index is 1.72. The SMILES string of the molecule is O=C(Nc1ccccc1)Nc1ccc2nonc2c1. The summed E-state index contributed by atoms with van der Waals surface area (Å²) in [5.74, 6) is 0. The molecule has 0 unspecified atom stereocenters. The molecule has 2 N–H and O–H groups in total. The molecule has 3 aromatic rings. The first-order chi connectivity index (χ1) is 9.31. The molecule has 1 heterocycles. The molecule has 94 valence electrons. The van der Waals surface area contributed by atoms with Gasteiger partial charge in [-0.1, -0.05) is 18.2 Å². The van der Waals surface area contributed by atoms with Gasteiger partial charge in [0.25, 0.3) is 0 Å². The molecule has 0 spiro atoms. The number of hydrogen-bond acceptors (Lipinski definition) is 4. The van der Waals surface area contributed by atoms with Crippen LogP contribution >= 0.6 is 0 Å². The summed E-state index contributed by atoms with van der Waals surface area (Å²) >= 11 is 0. The second-order valence-corrected chi connectivity index (χ2v) is 3.91. The van der Waals surface area contributed by atoms with Crippen LogP contribution in [0.3, 0.4) is 0 Å². The van der Waals surface area contributed by atoms with Crippen molar-refractivity contribution in [3.8, 4) is 0 Å². The number of amides is 2. The predicted molar refractivity (Wildman–Crippen MR) is 70.9 cm³/mol. The van der Waals surface area contributed by atoms with Crippen molar-refractivity contribution in [3.63, 3.8) is 0 Å². The van der Waals surface area contributed by atoms with E-state index >= 15 is 0 Å². The highest BCUT2D eigenvalue weighted by molar-refractivity contribution is 6.00. The van der Waals surface area contributed by atoms with Gasteiger partial charge in [0.05, 0.1) is 0 Å². The standard InChI is InChI=1S/C13H10N4O2/c18-13(14-9-4-2-1-3-5-9)15-10-6-7-11-12(8-10)17-19-16-11/h1-8H,(H2,14,15,18). The number of aromatic nitrogens is 2. The third-order valence-corrected chi connectivity index (χ3v) is 2.54. The van der Waals surface area contributed by atoms with E-state index in [1.807, 2.05) is 30.3 Å². The highest BCUT2D eigenvalue weighted by Gasteiger charge is 2.05. The number of para-hydroxylation sites is 1. The monoisotopic (exact) mass is 254 g/mol. The number of rotatable bonds is 2. The van der Waals surface area contributed by atoms with Crippen LogP contribution in [0, 0.1) is 0 Å². The molecule has 1 aromatic heterocycles. The van der Waals surface area contributed by atoms with Crippen molar-refractivity contribution in [1.29, 1.82) is 0 Å². The number of carbonyl (C=O) groups is 1. The fourth-order valence-electron chi connectivity index (χ4n) is 1.67. The third kappa shape index (κ3) is 2.52. The van der Waals surface area contributed by atoms with Crippen molar-refractivity contribution in [2.75, 3.05) is 10.6 Å². The first kappa shape index (κ1) is 11.2. The van der Waals surface area contributed by atoms with E-state index < -0.39 is 0 Å². The van der Waals surface area contributed by atoms with E-state index in [9.17, 15) is 4.79 Å². The molecule has 6 nitrogen and oxygen atoms in total. The highest BCUT2D eigenvalue weighted by atomic mass is 16.6. The van der Waals surface area contributed by atoms with Crippen molar-refractivity contribution >= 4 is 28.4 Å². The Morgan fingerprint density at radius 1 is 0.895 bits per heavy atom. The van der Waals surface area contributed by atoms with Gasteiger partial charge in [0.15, 0.2) is 0 Å². The van der Waals surface area contributed by atoms with Gasteiger partial charge in [-0.25, -0.2) is 9.42 Å². The lowest BCUT2D eigenvalue weighted by Gasteiger charge is -2.06. The summed E-state index contributed by atoms with van der Waals surface area (Å²) in [6.45, 7) is 0. The summed E-state index contributed by atoms with van der Waals surface area (Å²) in [6, 6.07) is 14.0. The van der Waals surface area contributed by atoms with Gasteiger partial charge in [-0.15, -0.1) is 0 Å². The molecule has 6 heteroatoms. The predicted octanol–water partition coefficient (Wildman–Crippen LogP) is 2.87. The number of fused-ring (bicyclic) bond motifs is 1. The number of anilines is 2. The summed E-state index contributed by atoms with van der Waals surface area (Å²) in [5, 5.41) is 12.8. The maximum absolute atomic E-state index is 11.8. The van der Waals surface area contributed by atoms with Crippen molar-refractivity contribution in [2.24, 2.45) is 0 Å². The molecule has 0 radical (unpaired) electrons. The van der Waals surface area contributed by atoms with Gasteiger partial charge in [-0.2, -0.15) is 0 Å². The van der Waals surface area contributed by atoms with E-state index in [0.29, 0.717) is 16.7 Å². The molecule has 0 aliphatic rings. The quantitative estimate of drug-likeness (QED) is 0.736. The maximum atomic E-state index is 11.8. The molecule has 0 fully saturated rings. The zero-order valence-corrected chi connectivity index (χ0v) is 9.83. The zero-order valence-electron chi connectivity index (χ0n) is 9.83. The van der Waals surface area contributed by atoms with E-state index in [1.54, 1.807) is 18.2 Å². The van der Waals surface area contributed by atoms with Crippen LogP contribution in [0.1, 0.15) is 0 Å². The van der Waals surface area contributed by atoms with Crippen LogP contribution in [0.15, 0.2) is 53.2 Å². The van der Waals surface area contributed by atoms with E-state index in [4.69, 9.17) is 0 Å². The van der Waals surface area contributed by atoms with Crippen LogP contribution < -0.4 is 10.6 Å². The van der Waals surface area contributed by atoms with Gasteiger partial charge in [0.1, 0.15) is 11.0 Å². The van der Waals surface area contributed by atoms with Crippen molar-refractivity contribution in [1.82, 2.24) is 10.3 Å². The first-order valence-corrected chi connectivity index (χ1v) is 5.67. The topological polar surface area (TPSA) is 80.0 Å². The van der Waals surface area contributed by atoms with Gasteiger partial charge < -0.3 is 10.6 Å². The summed E-state index contributed by atoms with van der Waals surface area (Å²) in [7, 11) is 0. The number of carbonyl (C=O) groups excluding carboxylic acids is 1. The molecule has 19 heavy (non-hydrogen) atoms. The highest BCUT2D eigenvalue weighted by Crippen LogP contribution is 2.16. The van der Waals surface area contributed by atoms with Crippen LogP contribution in [0.5, 0.6) is 0 Å². The Labute approximate surface area is 108 Å². The average Bonchev–Trinajstić information content (AvgIpc) is 2.87. The van der Waals surface area contributed by atoms with Gasteiger partial charge in [-0.05, 0) is 40.6 Å². The molecular weight excluding hydrogens is 244 g/mol. The third-order valence-electron chi connectivity index (χ3n) is 2.54. The van der Waals surface area contributed by atoms with Gasteiger partial charge in [-0.3, -0.25) is 0 Å². The smallest absolute Gasteiger partial charge is 0.308 e. The lowest BCUT2D eigenvalue weighted by Crippen LogP contribution is -2.19. The van der Waals surface area contributed by atoms with E-state index in [2.05, 4.69) is 25.6 Å². The minimum absolute atomic E-state index is 0.318. The molecule has 0 aliphatic heterocycles. The van der Waals surface area contributed by atoms with Crippen LogP contribution in [0.25, 0.3) is 11.0 Å². The summed E-state index contributed by atoms with van der Waals surface area (Å²) in [6.07, 6.45) is 0. The summed E-state index contributed by atoms with van der Waals surface area (Å²) < 4.78 is 4.59. The normalized spacial score (nSPS) is 10.3. The molecule has 3 rings (SSSR count). The van der Waals surface area contributed by atoms with E-state index in [1.165, 1.54) is 0 Å². The second kappa shape index (κ2) is 4.77. The molecular formula is C13H10N4O2. The first-order valence-electron chi connectivity index (χ1n) is 5.67. The van der Waals surface area contributed by atoms with E-state index in [0.717, 1.165) is 5.69 Å². The minimum Gasteiger partial charge on any atom is -0.308 e. The maximum Gasteiger partial charge on any atom is 0.323 e. The molecule has 0 saturated heterocycles. The Hall–Kier alpha value is -2.89. The number of nitrogens with one attached hydrogen (secondary N) is 2. The molecule has 0 aliphatic carbocycles. The van der Waals surface area contributed by atoms with Crippen LogP contribution in [-0.2, 0) is 0 Å². The fourth-order valence-corrected chi connectivity index (χ4v) is 1.67. The Morgan fingerprint density at radius 2 is 1.63 bits per heavy atom. The largest absolute Gasteiger partial charge is 0.323 e. The van der Waals surface area contributed by atoms with Crippen molar-refractivity contribution in [2.45, 2.75) is 0 Å².